The molecule has 0 spiro atoms. The minimum Gasteiger partial charge on any atom is -0.468 e. The van der Waals surface area contributed by atoms with E-state index in [-0.39, 0.29) is 12.5 Å². The summed E-state index contributed by atoms with van der Waals surface area (Å²) in [5.74, 6) is 0.457. The Morgan fingerprint density at radius 3 is 2.94 bits per heavy atom. The molecule has 1 fully saturated rings. The van der Waals surface area contributed by atoms with Crippen molar-refractivity contribution < 1.29 is 14.3 Å². The lowest BCUT2D eigenvalue weighted by molar-refractivity contribution is -0.137. The van der Waals surface area contributed by atoms with E-state index in [9.17, 15) is 4.79 Å². The van der Waals surface area contributed by atoms with Gasteiger partial charge in [-0.2, -0.15) is 0 Å². The number of aromatic nitrogens is 1. The van der Waals surface area contributed by atoms with E-state index in [1.165, 1.54) is 0 Å². The Hall–Kier alpha value is -1.62. The fourth-order valence-electron chi connectivity index (χ4n) is 1.47. The topological polar surface area (TPSA) is 51.7 Å². The van der Waals surface area contributed by atoms with Crippen molar-refractivity contribution in [3.63, 3.8) is 0 Å². The number of nitrogens with zero attached hydrogens (tertiary/aromatic N) is 2. The minimum atomic E-state index is -0.0195. The highest BCUT2D eigenvalue weighted by atomic mass is 16.5. The Bertz CT molecular complexity index is 336. The molecule has 86 valence electrons. The molecular formula is C11H14N2O3. The van der Waals surface area contributed by atoms with Crippen LogP contribution >= 0.6 is 0 Å². The molecule has 0 aromatic carbocycles. The molecule has 0 saturated carbocycles. The molecular weight excluding hydrogens is 208 g/mol. The lowest BCUT2D eigenvalue weighted by atomic mass is 10.4. The predicted octanol–water partition coefficient (Wildman–Crippen LogP) is 0.319. The molecule has 2 rings (SSSR count). The third kappa shape index (κ3) is 2.93. The first-order chi connectivity index (χ1) is 7.86. The molecule has 16 heavy (non-hydrogen) atoms. The Labute approximate surface area is 94.0 Å². The maximum absolute atomic E-state index is 11.7. The van der Waals surface area contributed by atoms with Crippen LogP contribution < -0.4 is 4.74 Å². The first kappa shape index (κ1) is 10.9. The Balaban J connectivity index is 1.79. The minimum absolute atomic E-state index is 0.0195. The number of rotatable bonds is 3. The van der Waals surface area contributed by atoms with Gasteiger partial charge in [0, 0.05) is 25.4 Å². The highest BCUT2D eigenvalue weighted by molar-refractivity contribution is 5.77. The van der Waals surface area contributed by atoms with Crippen molar-refractivity contribution in [2.45, 2.75) is 0 Å². The number of amides is 1. The lowest BCUT2D eigenvalue weighted by Crippen LogP contribution is -2.43. The molecule has 2 heterocycles. The molecule has 1 amide bonds. The Morgan fingerprint density at radius 1 is 1.44 bits per heavy atom. The summed E-state index contributed by atoms with van der Waals surface area (Å²) in [6.45, 7) is 2.54. The zero-order valence-electron chi connectivity index (χ0n) is 8.96. The van der Waals surface area contributed by atoms with E-state index in [0.29, 0.717) is 32.2 Å². The van der Waals surface area contributed by atoms with Gasteiger partial charge in [-0.05, 0) is 6.07 Å². The van der Waals surface area contributed by atoms with Gasteiger partial charge >= 0.3 is 0 Å². The van der Waals surface area contributed by atoms with E-state index < -0.39 is 0 Å². The van der Waals surface area contributed by atoms with Crippen molar-refractivity contribution in [2.24, 2.45) is 0 Å². The van der Waals surface area contributed by atoms with Crippen LogP contribution in [0.5, 0.6) is 5.88 Å². The van der Waals surface area contributed by atoms with Crippen molar-refractivity contribution in [2.75, 3.05) is 32.9 Å². The highest BCUT2D eigenvalue weighted by Crippen LogP contribution is 2.04. The van der Waals surface area contributed by atoms with Gasteiger partial charge in [0.05, 0.1) is 13.2 Å². The Morgan fingerprint density at radius 2 is 2.25 bits per heavy atom. The summed E-state index contributed by atoms with van der Waals surface area (Å²) >= 11 is 0. The van der Waals surface area contributed by atoms with E-state index in [1.807, 2.05) is 6.07 Å². The average molecular weight is 222 g/mol. The second-order valence-electron chi connectivity index (χ2n) is 3.45. The van der Waals surface area contributed by atoms with Crippen LogP contribution in [0.1, 0.15) is 0 Å². The molecule has 1 saturated heterocycles. The standard InChI is InChI=1S/C11H14N2O3/c14-11(13-5-7-15-8-6-13)9-16-10-3-1-2-4-12-10/h1-4H,5-9H2. The summed E-state index contributed by atoms with van der Waals surface area (Å²) in [7, 11) is 0. The van der Waals surface area contributed by atoms with E-state index in [2.05, 4.69) is 4.98 Å². The van der Waals surface area contributed by atoms with Gasteiger partial charge in [-0.15, -0.1) is 0 Å². The van der Waals surface area contributed by atoms with E-state index >= 15 is 0 Å². The number of morpholine rings is 1. The molecule has 0 aliphatic carbocycles. The quantitative estimate of drug-likeness (QED) is 0.739. The van der Waals surface area contributed by atoms with Gasteiger partial charge in [0.1, 0.15) is 0 Å². The summed E-state index contributed by atoms with van der Waals surface area (Å²) in [5.41, 5.74) is 0. The third-order valence-corrected chi connectivity index (χ3v) is 2.35. The molecule has 0 atom stereocenters. The molecule has 0 radical (unpaired) electrons. The second-order valence-corrected chi connectivity index (χ2v) is 3.45. The van der Waals surface area contributed by atoms with Crippen LogP contribution in [-0.4, -0.2) is 48.7 Å². The van der Waals surface area contributed by atoms with Crippen LogP contribution in [0.15, 0.2) is 24.4 Å². The van der Waals surface area contributed by atoms with E-state index in [0.717, 1.165) is 0 Å². The largest absolute Gasteiger partial charge is 0.468 e. The van der Waals surface area contributed by atoms with Crippen molar-refractivity contribution in [3.8, 4) is 5.88 Å². The zero-order valence-corrected chi connectivity index (χ0v) is 8.96. The van der Waals surface area contributed by atoms with Crippen molar-refractivity contribution in [3.05, 3.63) is 24.4 Å². The summed E-state index contributed by atoms with van der Waals surface area (Å²) in [6.07, 6.45) is 1.63. The SMILES string of the molecule is O=C(COc1ccccn1)N1CCOCC1. The first-order valence-electron chi connectivity index (χ1n) is 5.25. The van der Waals surface area contributed by atoms with Gasteiger partial charge in [-0.25, -0.2) is 4.98 Å². The van der Waals surface area contributed by atoms with Gasteiger partial charge < -0.3 is 14.4 Å². The summed E-state index contributed by atoms with van der Waals surface area (Å²) in [5, 5.41) is 0. The van der Waals surface area contributed by atoms with Crippen molar-refractivity contribution in [1.82, 2.24) is 9.88 Å². The monoisotopic (exact) mass is 222 g/mol. The maximum atomic E-state index is 11.7. The highest BCUT2D eigenvalue weighted by Gasteiger charge is 2.16. The van der Waals surface area contributed by atoms with Crippen LogP contribution in [0.4, 0.5) is 0 Å². The summed E-state index contributed by atoms with van der Waals surface area (Å²) < 4.78 is 10.4. The smallest absolute Gasteiger partial charge is 0.260 e. The van der Waals surface area contributed by atoms with E-state index in [4.69, 9.17) is 9.47 Å². The Kier molecular flexibility index (Phi) is 3.71. The van der Waals surface area contributed by atoms with Crippen molar-refractivity contribution >= 4 is 5.91 Å². The van der Waals surface area contributed by atoms with Gasteiger partial charge in [-0.3, -0.25) is 4.79 Å². The first-order valence-corrected chi connectivity index (χ1v) is 5.25. The number of carbonyl (C=O) groups excluding carboxylic acids is 1. The number of carbonyl (C=O) groups is 1. The molecule has 1 aromatic rings. The maximum Gasteiger partial charge on any atom is 0.260 e. The predicted molar refractivity (Wildman–Crippen MR) is 57.1 cm³/mol. The second kappa shape index (κ2) is 5.46. The van der Waals surface area contributed by atoms with Gasteiger partial charge in [-0.1, -0.05) is 6.07 Å². The number of hydrogen-bond donors (Lipinski definition) is 0. The van der Waals surface area contributed by atoms with Gasteiger partial charge in [0.25, 0.3) is 5.91 Å². The normalized spacial score (nSPS) is 15.9. The van der Waals surface area contributed by atoms with Gasteiger partial charge in [0.15, 0.2) is 6.61 Å². The molecule has 1 aliphatic rings. The van der Waals surface area contributed by atoms with Crippen LogP contribution in [0, 0.1) is 0 Å². The van der Waals surface area contributed by atoms with Crippen LogP contribution in [0.2, 0.25) is 0 Å². The molecule has 5 nitrogen and oxygen atoms in total. The fourth-order valence-corrected chi connectivity index (χ4v) is 1.47. The molecule has 0 N–H and O–H groups in total. The zero-order chi connectivity index (χ0) is 11.2. The fraction of sp³-hybridized carbons (Fsp3) is 0.455. The van der Waals surface area contributed by atoms with Crippen LogP contribution in [0.3, 0.4) is 0 Å². The average Bonchev–Trinajstić information content (AvgIpc) is 2.38. The summed E-state index contributed by atoms with van der Waals surface area (Å²) in [6, 6.07) is 5.35. The number of hydrogen-bond acceptors (Lipinski definition) is 4. The summed E-state index contributed by atoms with van der Waals surface area (Å²) in [4.78, 5) is 17.4. The molecule has 0 unspecified atom stereocenters. The number of ether oxygens (including phenoxy) is 2. The molecule has 1 aromatic heterocycles. The number of pyridine rings is 1. The third-order valence-electron chi connectivity index (χ3n) is 2.35. The molecule has 1 aliphatic heterocycles. The van der Waals surface area contributed by atoms with Crippen molar-refractivity contribution in [1.29, 1.82) is 0 Å². The van der Waals surface area contributed by atoms with Crippen LogP contribution in [0.25, 0.3) is 0 Å². The lowest BCUT2D eigenvalue weighted by Gasteiger charge is -2.26. The van der Waals surface area contributed by atoms with E-state index in [1.54, 1.807) is 23.2 Å². The molecule has 5 heteroatoms. The van der Waals surface area contributed by atoms with Gasteiger partial charge in [0.2, 0.25) is 5.88 Å². The molecule has 0 bridgehead atoms. The van der Waals surface area contributed by atoms with Crippen LogP contribution in [-0.2, 0) is 9.53 Å².